The number of ether oxygens (including phenoxy) is 1. The fourth-order valence-electron chi connectivity index (χ4n) is 2.93. The van der Waals surface area contributed by atoms with E-state index in [9.17, 15) is 0 Å². The molecule has 136 valence electrons. The Morgan fingerprint density at radius 3 is 2.62 bits per heavy atom. The summed E-state index contributed by atoms with van der Waals surface area (Å²) in [6.07, 6.45) is 3.03. The molecule has 1 aromatic rings. The second-order valence-corrected chi connectivity index (χ2v) is 6.46. The lowest BCUT2D eigenvalue weighted by Crippen LogP contribution is -2.41. The molecular weight excluding hydrogens is 437 g/mol. The minimum atomic E-state index is 0. The first-order valence-electron chi connectivity index (χ1n) is 8.56. The van der Waals surface area contributed by atoms with Gasteiger partial charge < -0.3 is 15.4 Å². The molecule has 0 saturated carbocycles. The average molecular weight is 466 g/mol. The average Bonchev–Trinajstić information content (AvgIpc) is 2.58. The van der Waals surface area contributed by atoms with E-state index in [1.165, 1.54) is 5.56 Å². The highest BCUT2D eigenvalue weighted by Crippen LogP contribution is 2.36. The first-order chi connectivity index (χ1) is 11.2. The summed E-state index contributed by atoms with van der Waals surface area (Å²) in [5, 5.41) is 7.48. The smallest absolute Gasteiger partial charge is 0.191 e. The van der Waals surface area contributed by atoms with E-state index in [-0.39, 0.29) is 29.4 Å². The standard InChI is InChI=1S/C18H28ClN3O.HI/c1-3-10-21-17(20-4-2)22-14-18(8-11-23-12-9-18)15-6-5-7-16(19)13-15;/h5-7,13H,3-4,8-12,14H2,1-2H3,(H2,20,21,22);1H. The molecule has 1 heterocycles. The van der Waals surface area contributed by atoms with Crippen LogP contribution in [0.5, 0.6) is 0 Å². The summed E-state index contributed by atoms with van der Waals surface area (Å²) in [7, 11) is 0. The number of nitrogens with one attached hydrogen (secondary N) is 2. The third-order valence-electron chi connectivity index (χ3n) is 4.31. The Morgan fingerprint density at radius 2 is 2.00 bits per heavy atom. The topological polar surface area (TPSA) is 45.7 Å². The highest BCUT2D eigenvalue weighted by molar-refractivity contribution is 14.0. The normalized spacial score (nSPS) is 17.0. The van der Waals surface area contributed by atoms with E-state index in [1.54, 1.807) is 0 Å². The molecular formula is C18H29ClIN3O. The molecule has 0 aromatic heterocycles. The molecule has 1 saturated heterocycles. The van der Waals surface area contributed by atoms with Crippen LogP contribution >= 0.6 is 35.6 Å². The molecule has 0 radical (unpaired) electrons. The summed E-state index contributed by atoms with van der Waals surface area (Å²) in [6, 6.07) is 8.20. The Morgan fingerprint density at radius 1 is 1.25 bits per heavy atom. The van der Waals surface area contributed by atoms with Gasteiger partial charge in [-0.15, -0.1) is 24.0 Å². The molecule has 0 atom stereocenters. The second-order valence-electron chi connectivity index (χ2n) is 6.02. The van der Waals surface area contributed by atoms with Crippen molar-refractivity contribution < 1.29 is 4.74 Å². The van der Waals surface area contributed by atoms with Crippen molar-refractivity contribution in [2.45, 2.75) is 38.5 Å². The molecule has 2 N–H and O–H groups in total. The maximum Gasteiger partial charge on any atom is 0.191 e. The van der Waals surface area contributed by atoms with Crippen LogP contribution < -0.4 is 10.6 Å². The molecule has 1 fully saturated rings. The van der Waals surface area contributed by atoms with Crippen molar-refractivity contribution in [3.8, 4) is 0 Å². The first kappa shape index (κ1) is 21.5. The van der Waals surface area contributed by atoms with Crippen molar-refractivity contribution in [3.05, 3.63) is 34.9 Å². The van der Waals surface area contributed by atoms with Gasteiger partial charge >= 0.3 is 0 Å². The molecule has 1 aliphatic rings. The minimum Gasteiger partial charge on any atom is -0.381 e. The lowest BCUT2D eigenvalue weighted by molar-refractivity contribution is 0.0531. The number of nitrogens with zero attached hydrogens (tertiary/aromatic N) is 1. The SMILES string of the molecule is CCCNC(=NCC1(c2cccc(Cl)c2)CCOCC1)NCC.I. The number of aliphatic imine (C=N–C) groups is 1. The van der Waals surface area contributed by atoms with Crippen molar-refractivity contribution >= 4 is 41.5 Å². The van der Waals surface area contributed by atoms with E-state index < -0.39 is 0 Å². The number of guanidine groups is 1. The summed E-state index contributed by atoms with van der Waals surface area (Å²) in [4.78, 5) is 4.85. The van der Waals surface area contributed by atoms with Crippen LogP contribution in [0.15, 0.2) is 29.3 Å². The molecule has 0 aliphatic carbocycles. The summed E-state index contributed by atoms with van der Waals surface area (Å²) in [6.45, 7) is 8.34. The maximum atomic E-state index is 6.22. The predicted molar refractivity (Wildman–Crippen MR) is 113 cm³/mol. The highest BCUT2D eigenvalue weighted by Gasteiger charge is 2.34. The van der Waals surface area contributed by atoms with Crippen LogP contribution in [0.4, 0.5) is 0 Å². The largest absolute Gasteiger partial charge is 0.381 e. The van der Waals surface area contributed by atoms with E-state index in [4.69, 9.17) is 21.3 Å². The van der Waals surface area contributed by atoms with E-state index in [0.29, 0.717) is 0 Å². The van der Waals surface area contributed by atoms with Gasteiger partial charge in [-0.1, -0.05) is 30.7 Å². The van der Waals surface area contributed by atoms with Crippen molar-refractivity contribution in [2.24, 2.45) is 4.99 Å². The van der Waals surface area contributed by atoms with Gasteiger partial charge in [-0.05, 0) is 43.9 Å². The van der Waals surface area contributed by atoms with Crippen molar-refractivity contribution in [1.82, 2.24) is 10.6 Å². The van der Waals surface area contributed by atoms with Crippen LogP contribution in [-0.4, -0.2) is 38.8 Å². The van der Waals surface area contributed by atoms with Gasteiger partial charge in [0.2, 0.25) is 0 Å². The monoisotopic (exact) mass is 465 g/mol. The van der Waals surface area contributed by atoms with Gasteiger partial charge in [0.15, 0.2) is 5.96 Å². The maximum absolute atomic E-state index is 6.22. The van der Waals surface area contributed by atoms with Crippen LogP contribution in [0.1, 0.15) is 38.7 Å². The Bertz CT molecular complexity index is 519. The van der Waals surface area contributed by atoms with Crippen LogP contribution in [0, 0.1) is 0 Å². The van der Waals surface area contributed by atoms with Crippen LogP contribution in [-0.2, 0) is 10.2 Å². The number of benzene rings is 1. The van der Waals surface area contributed by atoms with Crippen LogP contribution in [0.2, 0.25) is 5.02 Å². The summed E-state index contributed by atoms with van der Waals surface area (Å²) >= 11 is 6.22. The number of hydrogen-bond donors (Lipinski definition) is 2. The van der Waals surface area contributed by atoms with Crippen LogP contribution in [0.25, 0.3) is 0 Å². The third-order valence-corrected chi connectivity index (χ3v) is 4.55. The van der Waals surface area contributed by atoms with E-state index in [2.05, 4.69) is 36.6 Å². The molecule has 0 spiro atoms. The van der Waals surface area contributed by atoms with Gasteiger partial charge in [0.25, 0.3) is 0 Å². The highest BCUT2D eigenvalue weighted by atomic mass is 127. The van der Waals surface area contributed by atoms with Crippen molar-refractivity contribution in [2.75, 3.05) is 32.8 Å². The molecule has 24 heavy (non-hydrogen) atoms. The number of hydrogen-bond acceptors (Lipinski definition) is 2. The van der Waals surface area contributed by atoms with Gasteiger partial charge in [0, 0.05) is 36.7 Å². The Labute approximate surface area is 167 Å². The van der Waals surface area contributed by atoms with Gasteiger partial charge in [0.05, 0.1) is 6.54 Å². The lowest BCUT2D eigenvalue weighted by Gasteiger charge is -2.36. The zero-order valence-electron chi connectivity index (χ0n) is 14.6. The molecule has 4 nitrogen and oxygen atoms in total. The Hall–Kier alpha value is -0.530. The van der Waals surface area contributed by atoms with Gasteiger partial charge in [-0.25, -0.2) is 0 Å². The molecule has 6 heteroatoms. The lowest BCUT2D eigenvalue weighted by atomic mass is 9.74. The Balaban J connectivity index is 0.00000288. The predicted octanol–water partition coefficient (Wildman–Crippen LogP) is 3.97. The fourth-order valence-corrected chi connectivity index (χ4v) is 3.12. The van der Waals surface area contributed by atoms with Gasteiger partial charge in [0.1, 0.15) is 0 Å². The zero-order chi connectivity index (χ0) is 16.5. The van der Waals surface area contributed by atoms with E-state index in [0.717, 1.165) is 63.1 Å². The van der Waals surface area contributed by atoms with Gasteiger partial charge in [-0.3, -0.25) is 4.99 Å². The fraction of sp³-hybridized carbons (Fsp3) is 0.611. The summed E-state index contributed by atoms with van der Waals surface area (Å²) in [5.41, 5.74) is 1.28. The number of halogens is 2. The summed E-state index contributed by atoms with van der Waals surface area (Å²) < 4.78 is 5.58. The van der Waals surface area contributed by atoms with E-state index in [1.807, 2.05) is 12.1 Å². The molecule has 0 bridgehead atoms. The quantitative estimate of drug-likeness (QED) is 0.380. The molecule has 0 unspecified atom stereocenters. The number of rotatable bonds is 6. The molecule has 1 aliphatic heterocycles. The first-order valence-corrected chi connectivity index (χ1v) is 8.94. The van der Waals surface area contributed by atoms with Gasteiger partial charge in [-0.2, -0.15) is 0 Å². The summed E-state index contributed by atoms with van der Waals surface area (Å²) in [5.74, 6) is 0.891. The molecule has 0 amide bonds. The molecule has 2 rings (SSSR count). The van der Waals surface area contributed by atoms with Crippen LogP contribution in [0.3, 0.4) is 0 Å². The minimum absolute atomic E-state index is 0. The Kier molecular flexibility index (Phi) is 10.0. The second kappa shape index (κ2) is 11.2. The third kappa shape index (κ3) is 6.08. The zero-order valence-corrected chi connectivity index (χ0v) is 17.7. The van der Waals surface area contributed by atoms with E-state index >= 15 is 0 Å². The molecule has 1 aromatic carbocycles. The van der Waals surface area contributed by atoms with Crippen molar-refractivity contribution in [1.29, 1.82) is 0 Å². The van der Waals surface area contributed by atoms with Crippen molar-refractivity contribution in [3.63, 3.8) is 0 Å².